The average molecular weight is 315 g/mol. The number of halogens is 1. The standard InChI is InChI=1S/C10H11BrN4O3/c1-5-7(11)6(14(3)12-5)4-15-9(17)8(16)13(2)10(15)18/h4H2,1-3H3. The van der Waals surface area contributed by atoms with E-state index in [9.17, 15) is 14.4 Å². The number of aromatic nitrogens is 2. The van der Waals surface area contributed by atoms with Crippen molar-refractivity contribution in [3.63, 3.8) is 0 Å². The first-order valence-electron chi connectivity index (χ1n) is 5.16. The number of nitrogens with zero attached hydrogens (tertiary/aromatic N) is 4. The normalized spacial score (nSPS) is 16.1. The number of imide groups is 2. The van der Waals surface area contributed by atoms with Crippen molar-refractivity contribution in [3.8, 4) is 0 Å². The molecule has 1 aliphatic heterocycles. The topological polar surface area (TPSA) is 75.5 Å². The van der Waals surface area contributed by atoms with Crippen molar-refractivity contribution in [2.75, 3.05) is 7.05 Å². The van der Waals surface area contributed by atoms with E-state index >= 15 is 0 Å². The summed E-state index contributed by atoms with van der Waals surface area (Å²) in [6.07, 6.45) is 0. The van der Waals surface area contributed by atoms with Gasteiger partial charge in [-0.05, 0) is 22.9 Å². The van der Waals surface area contributed by atoms with E-state index in [4.69, 9.17) is 0 Å². The van der Waals surface area contributed by atoms with Gasteiger partial charge in [-0.1, -0.05) is 0 Å². The molecular weight excluding hydrogens is 304 g/mol. The molecule has 0 spiro atoms. The van der Waals surface area contributed by atoms with Crippen LogP contribution in [0.1, 0.15) is 11.4 Å². The van der Waals surface area contributed by atoms with Gasteiger partial charge in [0.05, 0.1) is 22.4 Å². The molecule has 0 saturated carbocycles. The number of carbonyl (C=O) groups is 3. The lowest BCUT2D eigenvalue weighted by Crippen LogP contribution is -2.31. The fraction of sp³-hybridized carbons (Fsp3) is 0.400. The van der Waals surface area contributed by atoms with E-state index < -0.39 is 17.8 Å². The van der Waals surface area contributed by atoms with Crippen molar-refractivity contribution in [1.29, 1.82) is 0 Å². The fourth-order valence-electron chi connectivity index (χ4n) is 1.75. The lowest BCUT2D eigenvalue weighted by molar-refractivity contribution is -0.143. The predicted octanol–water partition coefficient (Wildman–Crippen LogP) is 0.412. The number of hydrogen-bond acceptors (Lipinski definition) is 4. The molecule has 1 aliphatic rings. The molecule has 0 N–H and O–H groups in total. The number of likely N-dealkylation sites (N-methyl/N-ethyl adjacent to an activating group) is 1. The highest BCUT2D eigenvalue weighted by Crippen LogP contribution is 2.23. The lowest BCUT2D eigenvalue weighted by Gasteiger charge is -2.13. The van der Waals surface area contributed by atoms with Crippen LogP contribution in [-0.4, -0.2) is 44.5 Å². The zero-order valence-corrected chi connectivity index (χ0v) is 11.7. The van der Waals surface area contributed by atoms with Gasteiger partial charge >= 0.3 is 17.8 Å². The summed E-state index contributed by atoms with van der Waals surface area (Å²) in [5.41, 5.74) is 1.42. The molecule has 0 bridgehead atoms. The minimum Gasteiger partial charge on any atom is -0.269 e. The SMILES string of the molecule is Cc1nn(C)c(CN2C(=O)C(=O)N(C)C2=O)c1Br. The second-order valence-electron chi connectivity index (χ2n) is 4.01. The second-order valence-corrected chi connectivity index (χ2v) is 4.80. The Morgan fingerprint density at radius 2 is 1.78 bits per heavy atom. The summed E-state index contributed by atoms with van der Waals surface area (Å²) in [6.45, 7) is 1.82. The molecule has 1 aromatic heterocycles. The molecule has 7 nitrogen and oxygen atoms in total. The molecule has 8 heteroatoms. The first-order valence-corrected chi connectivity index (χ1v) is 5.95. The minimum atomic E-state index is -0.812. The Bertz CT molecular complexity index is 566. The summed E-state index contributed by atoms with van der Waals surface area (Å²) >= 11 is 3.35. The van der Waals surface area contributed by atoms with Gasteiger partial charge in [0.25, 0.3) is 0 Å². The van der Waals surface area contributed by atoms with Crippen LogP contribution in [0.2, 0.25) is 0 Å². The van der Waals surface area contributed by atoms with Gasteiger partial charge in [0.15, 0.2) is 0 Å². The lowest BCUT2D eigenvalue weighted by atomic mass is 10.3. The van der Waals surface area contributed by atoms with Crippen molar-refractivity contribution in [3.05, 3.63) is 15.9 Å². The van der Waals surface area contributed by atoms with Crippen molar-refractivity contribution in [1.82, 2.24) is 19.6 Å². The molecule has 0 unspecified atom stereocenters. The van der Waals surface area contributed by atoms with Crippen molar-refractivity contribution in [2.24, 2.45) is 7.05 Å². The monoisotopic (exact) mass is 314 g/mol. The Hall–Kier alpha value is -1.70. The first-order chi connectivity index (χ1) is 8.34. The van der Waals surface area contributed by atoms with Crippen LogP contribution in [0, 0.1) is 6.92 Å². The maximum atomic E-state index is 11.7. The highest BCUT2D eigenvalue weighted by molar-refractivity contribution is 9.10. The molecule has 96 valence electrons. The Kier molecular flexibility index (Phi) is 2.97. The van der Waals surface area contributed by atoms with E-state index in [1.165, 1.54) is 7.05 Å². The minimum absolute atomic E-state index is 0.0195. The van der Waals surface area contributed by atoms with Crippen molar-refractivity contribution >= 4 is 33.8 Å². The Balaban J connectivity index is 2.33. The molecular formula is C10H11BrN4O3. The Morgan fingerprint density at radius 3 is 2.17 bits per heavy atom. The van der Waals surface area contributed by atoms with Gasteiger partial charge in [-0.3, -0.25) is 19.2 Å². The van der Waals surface area contributed by atoms with Gasteiger partial charge in [0.1, 0.15) is 0 Å². The van der Waals surface area contributed by atoms with E-state index in [2.05, 4.69) is 21.0 Å². The van der Waals surface area contributed by atoms with E-state index in [1.807, 2.05) is 0 Å². The number of carbonyl (C=O) groups excluding carboxylic acids is 3. The van der Waals surface area contributed by atoms with E-state index in [0.717, 1.165) is 20.0 Å². The van der Waals surface area contributed by atoms with Gasteiger partial charge in [0.2, 0.25) is 0 Å². The van der Waals surface area contributed by atoms with Crippen LogP contribution in [0.3, 0.4) is 0 Å². The first kappa shape index (κ1) is 12.7. The molecule has 1 aromatic rings. The van der Waals surface area contributed by atoms with Crippen LogP contribution < -0.4 is 0 Å². The number of amides is 4. The Labute approximate surface area is 111 Å². The second kappa shape index (κ2) is 4.20. The number of rotatable bonds is 2. The average Bonchev–Trinajstić information content (AvgIpc) is 2.66. The zero-order chi connectivity index (χ0) is 13.6. The quantitative estimate of drug-likeness (QED) is 0.585. The highest BCUT2D eigenvalue weighted by Gasteiger charge is 2.42. The third kappa shape index (κ3) is 1.72. The third-order valence-corrected chi connectivity index (χ3v) is 3.85. The molecule has 2 heterocycles. The summed E-state index contributed by atoms with van der Waals surface area (Å²) in [5, 5.41) is 4.16. The van der Waals surface area contributed by atoms with Gasteiger partial charge < -0.3 is 0 Å². The van der Waals surface area contributed by atoms with Gasteiger partial charge in [0, 0.05) is 14.1 Å². The molecule has 0 atom stereocenters. The van der Waals surface area contributed by atoms with Gasteiger partial charge in [-0.25, -0.2) is 9.69 Å². The van der Waals surface area contributed by atoms with Crippen LogP contribution in [0.4, 0.5) is 4.79 Å². The Morgan fingerprint density at radius 1 is 1.17 bits per heavy atom. The van der Waals surface area contributed by atoms with Crippen LogP contribution >= 0.6 is 15.9 Å². The number of hydrogen-bond donors (Lipinski definition) is 0. The summed E-state index contributed by atoms with van der Waals surface area (Å²) < 4.78 is 2.30. The van der Waals surface area contributed by atoms with E-state index in [-0.39, 0.29) is 6.54 Å². The summed E-state index contributed by atoms with van der Waals surface area (Å²) in [7, 11) is 3.00. The fourth-order valence-corrected chi connectivity index (χ4v) is 2.22. The maximum Gasteiger partial charge on any atom is 0.334 e. The molecule has 0 aromatic carbocycles. The summed E-state index contributed by atoms with van der Waals surface area (Å²) in [6, 6.07) is -0.615. The van der Waals surface area contributed by atoms with E-state index in [0.29, 0.717) is 5.69 Å². The zero-order valence-electron chi connectivity index (χ0n) is 10.1. The molecule has 2 rings (SSSR count). The highest BCUT2D eigenvalue weighted by atomic mass is 79.9. The number of urea groups is 1. The van der Waals surface area contributed by atoms with Crippen LogP contribution in [0.15, 0.2) is 4.47 Å². The van der Waals surface area contributed by atoms with Crippen molar-refractivity contribution in [2.45, 2.75) is 13.5 Å². The van der Waals surface area contributed by atoms with Crippen LogP contribution in [-0.2, 0) is 23.2 Å². The smallest absolute Gasteiger partial charge is 0.269 e. The molecule has 1 fully saturated rings. The van der Waals surface area contributed by atoms with Crippen molar-refractivity contribution < 1.29 is 14.4 Å². The largest absolute Gasteiger partial charge is 0.334 e. The van der Waals surface area contributed by atoms with Gasteiger partial charge in [-0.2, -0.15) is 5.10 Å². The molecule has 0 aliphatic carbocycles. The third-order valence-electron chi connectivity index (χ3n) is 2.82. The molecule has 0 radical (unpaired) electrons. The molecule has 1 saturated heterocycles. The van der Waals surface area contributed by atoms with E-state index in [1.54, 1.807) is 18.7 Å². The van der Waals surface area contributed by atoms with Crippen LogP contribution in [0.25, 0.3) is 0 Å². The number of aryl methyl sites for hydroxylation is 2. The summed E-state index contributed by atoms with van der Waals surface area (Å²) in [5.74, 6) is -1.62. The summed E-state index contributed by atoms with van der Waals surface area (Å²) in [4.78, 5) is 36.4. The molecule has 18 heavy (non-hydrogen) atoms. The predicted molar refractivity (Wildman–Crippen MR) is 64.4 cm³/mol. The van der Waals surface area contributed by atoms with Crippen LogP contribution in [0.5, 0.6) is 0 Å². The maximum absolute atomic E-state index is 11.7. The molecule has 4 amide bonds. The van der Waals surface area contributed by atoms with Gasteiger partial charge in [-0.15, -0.1) is 0 Å².